The quantitative estimate of drug-likeness (QED) is 0.458. The number of aliphatic hydroxyl groups excluding tert-OH is 2. The zero-order valence-electron chi connectivity index (χ0n) is 9.81. The van der Waals surface area contributed by atoms with Crippen molar-refractivity contribution < 1.29 is 42.9 Å². The van der Waals surface area contributed by atoms with Crippen LogP contribution in [0.5, 0.6) is 0 Å². The normalized spacial score (nSPS) is 30.5. The zero-order chi connectivity index (χ0) is 12.9. The number of imidazole rings is 1. The van der Waals surface area contributed by atoms with Crippen molar-refractivity contribution in [3.8, 4) is 0 Å². The summed E-state index contributed by atoms with van der Waals surface area (Å²) in [5, 5.41) is 19.7. The van der Waals surface area contributed by atoms with Gasteiger partial charge in [-0.2, -0.15) is 0 Å². The van der Waals surface area contributed by atoms with Crippen molar-refractivity contribution in [2.45, 2.75) is 30.7 Å². The first-order valence-corrected chi connectivity index (χ1v) is 5.85. The molecule has 0 amide bonds. The van der Waals surface area contributed by atoms with E-state index in [2.05, 4.69) is 21.1 Å². The van der Waals surface area contributed by atoms with E-state index in [1.165, 1.54) is 6.33 Å². The van der Waals surface area contributed by atoms with E-state index >= 15 is 0 Å². The van der Waals surface area contributed by atoms with Gasteiger partial charge in [0.25, 0.3) is 0 Å². The maximum atomic E-state index is 9.96. The van der Waals surface area contributed by atoms with Crippen LogP contribution in [0.2, 0.25) is 5.28 Å². The third kappa shape index (κ3) is 2.55. The van der Waals surface area contributed by atoms with Gasteiger partial charge >= 0.3 is 0 Å². The Bertz CT molecular complexity index is 594. The monoisotopic (exact) mass is 357 g/mol. The van der Waals surface area contributed by atoms with Crippen LogP contribution in [0.4, 0.5) is 0 Å². The van der Waals surface area contributed by atoms with Crippen LogP contribution in [-0.4, -0.2) is 48.0 Å². The van der Waals surface area contributed by atoms with Gasteiger partial charge in [0.2, 0.25) is 0 Å². The second-order valence-corrected chi connectivity index (χ2v) is 4.71. The van der Waals surface area contributed by atoms with Crippen LogP contribution in [0.1, 0.15) is 12.5 Å². The third-order valence-corrected chi connectivity index (χ3v) is 3.44. The molecular weight excluding hydrogens is 347 g/mol. The molecule has 1 aliphatic rings. The smallest absolute Gasteiger partial charge is 0.107 e. The Morgan fingerprint density at radius 1 is 1.42 bits per heavy atom. The average Bonchev–Trinajstić information content (AvgIpc) is 2.86. The summed E-state index contributed by atoms with van der Waals surface area (Å²) in [6.07, 6.45) is 2.70. The molecule has 0 saturated heterocycles. The largest absolute Gasteiger partial charge is 0.389 e. The van der Waals surface area contributed by atoms with Crippen molar-refractivity contribution in [1.29, 1.82) is 0 Å². The fourth-order valence-electron chi connectivity index (χ4n) is 2.32. The molecule has 9 heteroatoms. The molecule has 99 valence electrons. The van der Waals surface area contributed by atoms with E-state index in [1.807, 2.05) is 0 Å². The number of fused-ring (bicyclic) bond motifs is 1. The van der Waals surface area contributed by atoms with Gasteiger partial charge < -0.3 is 30.5 Å². The number of rotatable bonds is 1. The Kier molecular flexibility index (Phi) is 4.54. The first kappa shape index (κ1) is 15.2. The maximum Gasteiger partial charge on any atom is 0.107 e. The van der Waals surface area contributed by atoms with Crippen LogP contribution >= 0.6 is 11.6 Å². The van der Waals surface area contributed by atoms with E-state index in [-0.39, 0.29) is 44.0 Å². The van der Waals surface area contributed by atoms with Gasteiger partial charge in [-0.15, -0.1) is 11.6 Å². The van der Waals surface area contributed by atoms with Gasteiger partial charge in [0.1, 0.15) is 11.4 Å². The van der Waals surface area contributed by atoms with Crippen LogP contribution in [0.3, 0.4) is 0 Å². The van der Waals surface area contributed by atoms with Crippen LogP contribution < -0.4 is 5.73 Å². The molecule has 2 heterocycles. The fraction of sp³-hybridized carbons (Fsp3) is 0.500. The molecule has 0 aromatic carbocycles. The van der Waals surface area contributed by atoms with Crippen LogP contribution in [0.15, 0.2) is 6.33 Å². The summed E-state index contributed by atoms with van der Waals surface area (Å²) in [5.41, 5.74) is 6.66. The van der Waals surface area contributed by atoms with Gasteiger partial charge in [-0.05, 0) is 12.6 Å². The Morgan fingerprint density at radius 3 is 2.79 bits per heavy atom. The van der Waals surface area contributed by atoms with Crippen LogP contribution in [0, 0.1) is 6.20 Å². The number of nitrogens with zero attached hydrogens (tertiary/aromatic N) is 4. The first-order chi connectivity index (χ1) is 8.58. The molecule has 0 spiro atoms. The minimum Gasteiger partial charge on any atom is -0.389 e. The summed E-state index contributed by atoms with van der Waals surface area (Å²) in [7, 11) is 0. The predicted octanol–water partition coefficient (Wildman–Crippen LogP) is -0.729. The minimum absolute atomic E-state index is 0. The minimum atomic E-state index is -0.953. The van der Waals surface area contributed by atoms with Gasteiger partial charge in [-0.1, -0.05) is 0 Å². The van der Waals surface area contributed by atoms with E-state index in [0.717, 1.165) is 0 Å². The summed E-state index contributed by atoms with van der Waals surface area (Å²) >= 11 is 5.72. The standard InChI is InChI=1S/C10H11ClN5O2.Y/c11-10-13-2-5-9(15-10)16(3-14-5)6-1-4(12)7(17)8(6)18;/h3-4,6-8,17-18H,1,12H2;/q-1;/t4-,6+,7-,8+;/m0./s1. The molecule has 1 aliphatic carbocycles. The van der Waals surface area contributed by atoms with Gasteiger partial charge in [-0.25, -0.2) is 0 Å². The molecule has 1 saturated carbocycles. The molecule has 19 heavy (non-hydrogen) atoms. The Morgan fingerprint density at radius 2 is 2.16 bits per heavy atom. The number of hydrogen-bond acceptors (Lipinski definition) is 6. The molecule has 0 unspecified atom stereocenters. The number of halogens is 1. The number of nitrogens with two attached hydrogens (primary N) is 1. The molecule has 0 bridgehead atoms. The Hall–Kier alpha value is -0.176. The Labute approximate surface area is 139 Å². The first-order valence-electron chi connectivity index (χ1n) is 5.47. The summed E-state index contributed by atoms with van der Waals surface area (Å²) in [4.78, 5) is 11.8. The van der Waals surface area contributed by atoms with Crippen molar-refractivity contribution in [2.75, 3.05) is 0 Å². The molecule has 1 fully saturated rings. The number of aliphatic hydroxyl groups is 2. The SMILES string of the molecule is N[C@H]1C[C@@H](n2cnc3[c-]nc(Cl)nc32)[C@@H](O)[C@H]1O.[Y]. The predicted molar refractivity (Wildman–Crippen MR) is 62.8 cm³/mol. The van der Waals surface area contributed by atoms with E-state index < -0.39 is 18.2 Å². The topological polar surface area (TPSA) is 110 Å². The van der Waals surface area contributed by atoms with Gasteiger partial charge in [0.05, 0.1) is 18.5 Å². The number of hydrogen-bond donors (Lipinski definition) is 3. The molecule has 4 atom stereocenters. The average molecular weight is 358 g/mol. The maximum absolute atomic E-state index is 9.96. The fourth-order valence-corrected chi connectivity index (χ4v) is 2.44. The molecule has 2 aromatic rings. The van der Waals surface area contributed by atoms with Gasteiger partial charge in [-0.3, -0.25) is 4.98 Å². The van der Waals surface area contributed by atoms with Crippen molar-refractivity contribution in [3.63, 3.8) is 0 Å². The molecule has 0 aliphatic heterocycles. The van der Waals surface area contributed by atoms with Gasteiger partial charge in [0, 0.05) is 49.9 Å². The van der Waals surface area contributed by atoms with E-state index in [1.54, 1.807) is 4.57 Å². The Balaban J connectivity index is 0.00000133. The molecule has 7 nitrogen and oxygen atoms in total. The molecule has 1 radical (unpaired) electrons. The molecule has 4 N–H and O–H groups in total. The second-order valence-electron chi connectivity index (χ2n) is 4.38. The molecule has 2 aromatic heterocycles. The van der Waals surface area contributed by atoms with Gasteiger partial charge in [0.15, 0.2) is 0 Å². The third-order valence-electron chi connectivity index (χ3n) is 3.27. The molecule has 3 rings (SSSR count). The van der Waals surface area contributed by atoms with Crippen molar-refractivity contribution in [2.24, 2.45) is 5.73 Å². The van der Waals surface area contributed by atoms with Crippen molar-refractivity contribution in [3.05, 3.63) is 17.8 Å². The van der Waals surface area contributed by atoms with Crippen LogP contribution in [0.25, 0.3) is 11.2 Å². The van der Waals surface area contributed by atoms with Crippen molar-refractivity contribution in [1.82, 2.24) is 19.5 Å². The van der Waals surface area contributed by atoms with Crippen molar-refractivity contribution >= 4 is 22.8 Å². The van der Waals surface area contributed by atoms with E-state index in [9.17, 15) is 10.2 Å². The second kappa shape index (κ2) is 5.67. The van der Waals surface area contributed by atoms with Crippen LogP contribution in [-0.2, 0) is 32.7 Å². The summed E-state index contributed by atoms with van der Waals surface area (Å²) in [5.74, 6) is 0. The summed E-state index contributed by atoms with van der Waals surface area (Å²) in [6.45, 7) is 0. The van der Waals surface area contributed by atoms with E-state index in [4.69, 9.17) is 17.3 Å². The molecular formula is C10H11ClN5O2Y-. The van der Waals surface area contributed by atoms with E-state index in [0.29, 0.717) is 17.6 Å². The number of aromatic nitrogens is 4. The summed E-state index contributed by atoms with van der Waals surface area (Å²) in [6, 6.07) is -0.844. The summed E-state index contributed by atoms with van der Waals surface area (Å²) < 4.78 is 1.65. The zero-order valence-corrected chi connectivity index (χ0v) is 13.4.